The van der Waals surface area contributed by atoms with Crippen molar-refractivity contribution >= 4 is 35.1 Å². The summed E-state index contributed by atoms with van der Waals surface area (Å²) in [5, 5.41) is 18.6. The van der Waals surface area contributed by atoms with E-state index < -0.39 is 29.9 Å². The van der Waals surface area contributed by atoms with Gasteiger partial charge < -0.3 is 37.2 Å². The smallest absolute Gasteiger partial charge is 0.305 e. The number of esters is 1. The average molecular weight is 1060 g/mol. The number of carbonyl (C=O) groups excluding carboxylic acids is 6. The Bertz CT molecular complexity index is 1490. The number of ketones is 3. The topological polar surface area (TPSA) is 183 Å². The van der Waals surface area contributed by atoms with Crippen molar-refractivity contribution in [2.45, 2.75) is 145 Å². The number of rotatable bonds is 21. The van der Waals surface area contributed by atoms with Gasteiger partial charge in [0.25, 0.3) is 0 Å². The van der Waals surface area contributed by atoms with Crippen LogP contribution in [0.4, 0.5) is 0 Å². The summed E-state index contributed by atoms with van der Waals surface area (Å²) in [7, 11) is 2.26. The SMILES string of the molecule is CC(C)C.CCN(CC)CCCC[C@H](NC(=O)CCC(=O)[C@H](C)NC(=O)CCC(=O)c1ccc(C(C)(C)C)cc1)C(=O)CCC(=O)OC.CO.Cc1ccccc1.[C-]#N.[U]. The molecule has 0 bridgehead atoms. The number of nitrogens with zero attached hydrogens (tertiary/aromatic N) is 2. The van der Waals surface area contributed by atoms with E-state index in [2.05, 4.69) is 94.7 Å². The fraction of sp³-hybridized carbons (Fsp3) is 0.596. The molecule has 2 aromatic rings. The van der Waals surface area contributed by atoms with Crippen LogP contribution in [0.15, 0.2) is 54.6 Å². The van der Waals surface area contributed by atoms with Crippen LogP contribution in [-0.2, 0) is 34.1 Å². The zero-order valence-corrected chi connectivity index (χ0v) is 42.8. The molecule has 2 aromatic carbocycles. The molecule has 60 heavy (non-hydrogen) atoms. The third-order valence-electron chi connectivity index (χ3n) is 8.69. The van der Waals surface area contributed by atoms with Gasteiger partial charge >= 0.3 is 5.97 Å². The Hall–Kier alpha value is -3.68. The van der Waals surface area contributed by atoms with Crippen LogP contribution in [0.5, 0.6) is 0 Å². The van der Waals surface area contributed by atoms with Crippen LogP contribution in [0, 0.1) is 55.8 Å². The first-order valence-corrected chi connectivity index (χ1v) is 20.6. The molecule has 0 fully saturated rings. The van der Waals surface area contributed by atoms with Gasteiger partial charge in [-0.2, -0.15) is 0 Å². The Morgan fingerprint density at radius 3 is 1.67 bits per heavy atom. The monoisotopic (exact) mass is 1060 g/mol. The number of Topliss-reactive ketones (excluding diaryl/α,β-unsaturated/α-hetero) is 3. The molecule has 2 rings (SSSR count). The molecule has 0 aliphatic rings. The van der Waals surface area contributed by atoms with Crippen molar-refractivity contribution in [1.82, 2.24) is 15.5 Å². The predicted octanol–water partition coefficient (Wildman–Crippen LogP) is 7.68. The molecule has 0 aromatic heterocycles. The molecule has 0 radical (unpaired) electrons. The number of aliphatic hydroxyl groups excluding tert-OH is 1. The summed E-state index contributed by atoms with van der Waals surface area (Å²) in [4.78, 5) is 76.8. The number of hydrogen-bond acceptors (Lipinski definition) is 10. The third kappa shape index (κ3) is 33.1. The maximum absolute atomic E-state index is 12.8. The fourth-order valence-electron chi connectivity index (χ4n) is 5.21. The minimum absolute atomic E-state index is 0. The fourth-order valence-corrected chi connectivity index (χ4v) is 5.21. The summed E-state index contributed by atoms with van der Waals surface area (Å²) < 4.78 is 4.62. The van der Waals surface area contributed by atoms with Gasteiger partial charge in [-0.25, -0.2) is 0 Å². The van der Waals surface area contributed by atoms with Gasteiger partial charge in [-0.15, -0.1) is 0 Å². The van der Waals surface area contributed by atoms with Crippen LogP contribution in [0.3, 0.4) is 0 Å². The third-order valence-corrected chi connectivity index (χ3v) is 8.69. The summed E-state index contributed by atoms with van der Waals surface area (Å²) >= 11 is 0. The number of methoxy groups -OCH3 is 1. The number of hydrogen-bond donors (Lipinski definition) is 3. The van der Waals surface area contributed by atoms with Crippen molar-refractivity contribution in [1.29, 1.82) is 5.26 Å². The molecular formula is C47H75N4O8U-. The summed E-state index contributed by atoms with van der Waals surface area (Å²) in [5.74, 6) is -1.26. The number of benzene rings is 2. The molecule has 0 heterocycles. The second-order valence-electron chi connectivity index (χ2n) is 15.6. The van der Waals surface area contributed by atoms with E-state index in [0.29, 0.717) is 12.0 Å². The van der Waals surface area contributed by atoms with E-state index in [1.165, 1.54) is 12.7 Å². The molecule has 336 valence electrons. The van der Waals surface area contributed by atoms with E-state index >= 15 is 0 Å². The van der Waals surface area contributed by atoms with Gasteiger partial charge in [-0.3, -0.25) is 28.8 Å². The number of ether oxygens (including phenoxy) is 1. The first-order chi connectivity index (χ1) is 27.8. The van der Waals surface area contributed by atoms with Crippen molar-refractivity contribution in [2.75, 3.05) is 33.9 Å². The van der Waals surface area contributed by atoms with Gasteiger partial charge in [-0.05, 0) is 69.6 Å². The number of nitrogens with one attached hydrogen (secondary N) is 2. The number of unbranched alkanes of at least 4 members (excludes halogenated alkanes) is 1. The molecule has 2 atom stereocenters. The van der Waals surface area contributed by atoms with Crippen LogP contribution < -0.4 is 10.6 Å². The molecule has 0 saturated carbocycles. The first-order valence-electron chi connectivity index (χ1n) is 20.6. The average Bonchev–Trinajstić information content (AvgIpc) is 3.21. The maximum Gasteiger partial charge on any atom is 0.305 e. The van der Waals surface area contributed by atoms with Crippen LogP contribution in [-0.4, -0.2) is 91.1 Å². The van der Waals surface area contributed by atoms with Crippen molar-refractivity contribution in [3.63, 3.8) is 0 Å². The molecule has 0 aliphatic heterocycles. The van der Waals surface area contributed by atoms with E-state index in [1.807, 2.05) is 30.3 Å². The van der Waals surface area contributed by atoms with E-state index in [4.69, 9.17) is 16.9 Å². The second-order valence-corrected chi connectivity index (χ2v) is 15.6. The minimum atomic E-state index is -0.825. The summed E-state index contributed by atoms with van der Waals surface area (Å²) in [6.07, 6.45) is 1.63. The Kier molecular flexibility index (Phi) is 40.1. The van der Waals surface area contributed by atoms with E-state index in [9.17, 15) is 28.8 Å². The normalized spacial score (nSPS) is 11.1. The Labute approximate surface area is 385 Å². The first kappa shape index (κ1) is 63.0. The standard InChI is InChI=1S/C34H53N3O7.C7H8.C4H10.CN.CH4O.U/c1-8-37(9-2)23-11-10-12-27(30(40)19-22-33(43)44-7)36-32(42)20-17-28(38)24(3)35-31(41)21-18-29(39)25-13-15-26(16-14-25)34(4,5)6;1-7-5-3-2-4-6-7;1-4(2)3;2*1-2;/h13-16,24,27H,8-12,17-23H2,1-7H3,(H,35,41)(H,36,42);2-6H,1H3;4H,1-3H3;;2H,1H3;/q;;;-1;;/t24-,27-;;;;;/m0...../s1. The Morgan fingerprint density at radius 2 is 1.22 bits per heavy atom. The number of aliphatic hydroxyl groups is 1. The van der Waals surface area contributed by atoms with Gasteiger partial charge in [-0.1, -0.05) is 116 Å². The summed E-state index contributed by atoms with van der Waals surface area (Å²) in [6.45, 7) is 28.1. The van der Waals surface area contributed by atoms with E-state index in [0.717, 1.165) is 51.1 Å². The number of aryl methyl sites for hydroxylation is 1. The van der Waals surface area contributed by atoms with Gasteiger partial charge in [0.1, 0.15) is 0 Å². The molecule has 0 saturated heterocycles. The molecule has 0 aliphatic carbocycles. The minimum Gasteiger partial charge on any atom is -0.512 e. The maximum atomic E-state index is 12.8. The Balaban J connectivity index is -0.000000832. The zero-order chi connectivity index (χ0) is 46.0. The number of amides is 2. The van der Waals surface area contributed by atoms with Gasteiger partial charge in [0.15, 0.2) is 17.3 Å². The van der Waals surface area contributed by atoms with Crippen molar-refractivity contribution < 1.29 is 69.7 Å². The number of carbonyl (C=O) groups is 6. The van der Waals surface area contributed by atoms with Gasteiger partial charge in [0, 0.05) is 75.9 Å². The summed E-state index contributed by atoms with van der Waals surface area (Å²) in [6, 6.07) is 16.0. The molecule has 13 heteroatoms. The van der Waals surface area contributed by atoms with Crippen LogP contribution >= 0.6 is 0 Å². The molecule has 2 amide bonds. The second kappa shape index (κ2) is 38.3. The van der Waals surface area contributed by atoms with Crippen LogP contribution in [0.25, 0.3) is 0 Å². The summed E-state index contributed by atoms with van der Waals surface area (Å²) in [5.41, 5.74) is 2.94. The van der Waals surface area contributed by atoms with Crippen LogP contribution in [0.2, 0.25) is 0 Å². The Morgan fingerprint density at radius 1 is 0.733 bits per heavy atom. The zero-order valence-electron chi connectivity index (χ0n) is 38.6. The molecular weight excluding hydrogens is 987 g/mol. The largest absolute Gasteiger partial charge is 0.512 e. The van der Waals surface area contributed by atoms with Crippen LogP contribution in [0.1, 0.15) is 142 Å². The van der Waals surface area contributed by atoms with E-state index in [-0.39, 0.29) is 92.4 Å². The van der Waals surface area contributed by atoms with E-state index in [1.54, 1.807) is 19.1 Å². The van der Waals surface area contributed by atoms with Gasteiger partial charge in [0.2, 0.25) is 11.8 Å². The molecule has 12 nitrogen and oxygen atoms in total. The van der Waals surface area contributed by atoms with Gasteiger partial charge in [0.05, 0.1) is 25.6 Å². The van der Waals surface area contributed by atoms with Crippen molar-refractivity contribution in [3.05, 3.63) is 77.9 Å². The molecule has 0 unspecified atom stereocenters. The van der Waals surface area contributed by atoms with Crippen molar-refractivity contribution in [2.24, 2.45) is 5.92 Å². The van der Waals surface area contributed by atoms with Crippen molar-refractivity contribution in [3.8, 4) is 0 Å². The quantitative estimate of drug-likeness (QED) is 0.0486. The molecule has 0 spiro atoms. The molecule has 3 N–H and O–H groups in total. The predicted molar refractivity (Wildman–Crippen MR) is 235 cm³/mol.